The van der Waals surface area contributed by atoms with Gasteiger partial charge >= 0.3 is 0 Å². The number of phenols is 1. The maximum Gasteiger partial charge on any atom is 0.241 e. The Labute approximate surface area is 153 Å². The summed E-state index contributed by atoms with van der Waals surface area (Å²) in [7, 11) is 0. The first-order chi connectivity index (χ1) is 12.0. The van der Waals surface area contributed by atoms with E-state index in [1.54, 1.807) is 24.3 Å². The van der Waals surface area contributed by atoms with E-state index in [9.17, 15) is 9.90 Å². The van der Waals surface area contributed by atoms with Crippen molar-refractivity contribution in [3.05, 3.63) is 59.1 Å². The number of carbonyl (C=O) groups is 1. The van der Waals surface area contributed by atoms with Gasteiger partial charge in [-0.15, -0.1) is 0 Å². The van der Waals surface area contributed by atoms with E-state index in [-0.39, 0.29) is 11.9 Å². The lowest BCUT2D eigenvalue weighted by Crippen LogP contribution is -2.45. The second kappa shape index (κ2) is 7.89. The summed E-state index contributed by atoms with van der Waals surface area (Å²) in [6.45, 7) is 3.73. The van der Waals surface area contributed by atoms with Crippen LogP contribution in [0.1, 0.15) is 31.2 Å². The maximum atomic E-state index is 12.5. The molecule has 2 N–H and O–H groups in total. The molecule has 132 valence electrons. The van der Waals surface area contributed by atoms with E-state index >= 15 is 0 Å². The summed E-state index contributed by atoms with van der Waals surface area (Å²) < 4.78 is 0. The smallest absolute Gasteiger partial charge is 0.241 e. The summed E-state index contributed by atoms with van der Waals surface area (Å²) in [6, 6.07) is 14.5. The molecule has 5 heteroatoms. The number of halogens is 1. The Morgan fingerprint density at radius 2 is 1.72 bits per heavy atom. The summed E-state index contributed by atoms with van der Waals surface area (Å²) in [5.74, 6) is 0.794. The molecule has 4 nitrogen and oxygen atoms in total. The third-order valence-electron chi connectivity index (χ3n) is 4.93. The molecule has 1 aliphatic rings. The summed E-state index contributed by atoms with van der Waals surface area (Å²) in [5, 5.41) is 13.0. The molecule has 1 heterocycles. The third-order valence-corrected chi connectivity index (χ3v) is 5.18. The van der Waals surface area contributed by atoms with Gasteiger partial charge in [0.15, 0.2) is 0 Å². The number of piperidine rings is 1. The first kappa shape index (κ1) is 17.8. The largest absolute Gasteiger partial charge is 0.508 e. The normalized spacial score (nSPS) is 17.2. The van der Waals surface area contributed by atoms with Crippen LogP contribution in [0.5, 0.6) is 5.75 Å². The predicted octanol–water partition coefficient (Wildman–Crippen LogP) is 4.25. The Kier molecular flexibility index (Phi) is 5.61. The maximum absolute atomic E-state index is 12.5. The number of nitrogens with one attached hydrogen (secondary N) is 1. The Hall–Kier alpha value is -2.04. The average Bonchev–Trinajstić information content (AvgIpc) is 2.64. The average molecular weight is 359 g/mol. The van der Waals surface area contributed by atoms with Gasteiger partial charge in [0.2, 0.25) is 5.91 Å². The fourth-order valence-corrected chi connectivity index (χ4v) is 3.44. The lowest BCUT2D eigenvalue weighted by Gasteiger charge is -2.35. The zero-order valence-electron chi connectivity index (χ0n) is 14.3. The van der Waals surface area contributed by atoms with Crippen LogP contribution >= 0.6 is 11.6 Å². The zero-order valence-corrected chi connectivity index (χ0v) is 15.0. The minimum Gasteiger partial charge on any atom is -0.508 e. The quantitative estimate of drug-likeness (QED) is 0.858. The Bertz CT molecular complexity index is 707. The second-order valence-corrected chi connectivity index (χ2v) is 7.01. The summed E-state index contributed by atoms with van der Waals surface area (Å²) in [5.41, 5.74) is 2.02. The molecule has 0 bridgehead atoms. The number of likely N-dealkylation sites (tertiary alicyclic amines) is 1. The lowest BCUT2D eigenvalue weighted by atomic mass is 9.89. The Morgan fingerprint density at radius 1 is 1.12 bits per heavy atom. The van der Waals surface area contributed by atoms with E-state index in [0.29, 0.717) is 16.7 Å². The van der Waals surface area contributed by atoms with Gasteiger partial charge in [-0.25, -0.2) is 0 Å². The van der Waals surface area contributed by atoms with Crippen molar-refractivity contribution in [2.75, 3.05) is 18.4 Å². The van der Waals surface area contributed by atoms with Gasteiger partial charge in [0.05, 0.1) is 6.04 Å². The van der Waals surface area contributed by atoms with Crippen molar-refractivity contribution in [3.63, 3.8) is 0 Å². The number of hydrogen-bond acceptors (Lipinski definition) is 3. The molecule has 0 spiro atoms. The van der Waals surface area contributed by atoms with Crippen molar-refractivity contribution in [2.45, 2.75) is 31.7 Å². The zero-order chi connectivity index (χ0) is 17.8. The molecule has 1 atom stereocenters. The first-order valence-corrected chi connectivity index (χ1v) is 9.00. The highest BCUT2D eigenvalue weighted by atomic mass is 35.5. The highest BCUT2D eigenvalue weighted by Crippen LogP contribution is 2.29. The molecule has 3 rings (SSSR count). The first-order valence-electron chi connectivity index (χ1n) is 8.62. The van der Waals surface area contributed by atoms with Crippen LogP contribution in [-0.4, -0.2) is 35.0 Å². The van der Waals surface area contributed by atoms with Gasteiger partial charge in [-0.2, -0.15) is 0 Å². The van der Waals surface area contributed by atoms with Crippen LogP contribution in [0.25, 0.3) is 0 Å². The number of anilines is 1. The topological polar surface area (TPSA) is 52.6 Å². The molecule has 1 fully saturated rings. The van der Waals surface area contributed by atoms with Gasteiger partial charge in [-0.1, -0.05) is 23.7 Å². The number of rotatable bonds is 4. The minimum absolute atomic E-state index is 0.00501. The molecular weight excluding hydrogens is 336 g/mol. The fourth-order valence-electron chi connectivity index (χ4n) is 3.31. The number of carbonyl (C=O) groups excluding carboxylic acids is 1. The van der Waals surface area contributed by atoms with Gasteiger partial charge in [-0.3, -0.25) is 9.69 Å². The minimum atomic E-state index is -0.170. The van der Waals surface area contributed by atoms with Gasteiger partial charge in [0.25, 0.3) is 0 Å². The molecule has 2 aromatic rings. The van der Waals surface area contributed by atoms with Gasteiger partial charge in [0, 0.05) is 10.7 Å². The highest BCUT2D eigenvalue weighted by Gasteiger charge is 2.27. The molecular formula is C20H23ClN2O2. The van der Waals surface area contributed by atoms with Gasteiger partial charge < -0.3 is 10.4 Å². The van der Waals surface area contributed by atoms with E-state index in [4.69, 9.17) is 11.6 Å². The van der Waals surface area contributed by atoms with E-state index < -0.39 is 0 Å². The van der Waals surface area contributed by atoms with E-state index in [2.05, 4.69) is 10.2 Å². The van der Waals surface area contributed by atoms with Crippen molar-refractivity contribution in [3.8, 4) is 5.75 Å². The van der Waals surface area contributed by atoms with Crippen LogP contribution < -0.4 is 5.32 Å². The SMILES string of the molecule is CC(C(=O)Nc1ccc(Cl)cc1)N1CCC(c2ccc(O)cc2)CC1. The number of hydrogen-bond donors (Lipinski definition) is 2. The van der Waals surface area contributed by atoms with Crippen molar-refractivity contribution in [2.24, 2.45) is 0 Å². The molecule has 0 saturated carbocycles. The molecule has 2 aromatic carbocycles. The number of aromatic hydroxyl groups is 1. The van der Waals surface area contributed by atoms with Crippen molar-refractivity contribution in [1.29, 1.82) is 0 Å². The molecule has 25 heavy (non-hydrogen) atoms. The molecule has 1 amide bonds. The van der Waals surface area contributed by atoms with Crippen LogP contribution in [0, 0.1) is 0 Å². The predicted molar refractivity (Wildman–Crippen MR) is 101 cm³/mol. The van der Waals surface area contributed by atoms with E-state index in [1.807, 2.05) is 31.2 Å². The highest BCUT2D eigenvalue weighted by molar-refractivity contribution is 6.30. The van der Waals surface area contributed by atoms with Gasteiger partial charge in [-0.05, 0) is 80.7 Å². The number of nitrogens with zero attached hydrogens (tertiary/aromatic N) is 1. The van der Waals surface area contributed by atoms with Crippen LogP contribution in [0.3, 0.4) is 0 Å². The Balaban J connectivity index is 1.53. The lowest BCUT2D eigenvalue weighted by molar-refractivity contribution is -0.121. The Morgan fingerprint density at radius 3 is 2.32 bits per heavy atom. The van der Waals surface area contributed by atoms with Crippen molar-refractivity contribution < 1.29 is 9.90 Å². The summed E-state index contributed by atoms with van der Waals surface area (Å²) in [6.07, 6.45) is 2.03. The standard InChI is InChI=1S/C20H23ClN2O2/c1-14(20(25)22-18-6-4-17(21)5-7-18)23-12-10-16(11-13-23)15-2-8-19(24)9-3-15/h2-9,14,16,24H,10-13H2,1H3,(H,22,25). The number of amides is 1. The molecule has 0 aliphatic carbocycles. The molecule has 1 unspecified atom stereocenters. The molecule has 0 radical (unpaired) electrons. The summed E-state index contributed by atoms with van der Waals surface area (Å²) >= 11 is 5.87. The molecule has 1 saturated heterocycles. The third kappa shape index (κ3) is 4.53. The van der Waals surface area contributed by atoms with E-state index in [1.165, 1.54) is 5.56 Å². The number of benzene rings is 2. The second-order valence-electron chi connectivity index (χ2n) is 6.57. The van der Waals surface area contributed by atoms with Gasteiger partial charge in [0.1, 0.15) is 5.75 Å². The number of phenolic OH excluding ortho intramolecular Hbond substituents is 1. The fraction of sp³-hybridized carbons (Fsp3) is 0.350. The van der Waals surface area contributed by atoms with Crippen LogP contribution in [0.2, 0.25) is 5.02 Å². The van der Waals surface area contributed by atoms with Crippen LogP contribution in [0.15, 0.2) is 48.5 Å². The van der Waals surface area contributed by atoms with Crippen LogP contribution in [-0.2, 0) is 4.79 Å². The van der Waals surface area contributed by atoms with Crippen molar-refractivity contribution >= 4 is 23.2 Å². The monoisotopic (exact) mass is 358 g/mol. The summed E-state index contributed by atoms with van der Waals surface area (Å²) in [4.78, 5) is 14.7. The molecule has 1 aliphatic heterocycles. The van der Waals surface area contributed by atoms with Crippen molar-refractivity contribution in [1.82, 2.24) is 4.90 Å². The molecule has 0 aromatic heterocycles. The van der Waals surface area contributed by atoms with E-state index in [0.717, 1.165) is 31.6 Å². The van der Waals surface area contributed by atoms with Crippen LogP contribution in [0.4, 0.5) is 5.69 Å².